The van der Waals surface area contributed by atoms with Gasteiger partial charge in [0.2, 0.25) is 5.91 Å². The molecule has 32 heavy (non-hydrogen) atoms. The Morgan fingerprint density at radius 1 is 1.28 bits per heavy atom. The second-order valence-electron chi connectivity index (χ2n) is 7.76. The van der Waals surface area contributed by atoms with Crippen LogP contribution in [0.4, 0.5) is 5.69 Å². The van der Waals surface area contributed by atoms with Gasteiger partial charge in [0.1, 0.15) is 12.4 Å². The zero-order valence-electron chi connectivity index (χ0n) is 17.9. The first-order valence-corrected chi connectivity index (χ1v) is 10.5. The summed E-state index contributed by atoms with van der Waals surface area (Å²) in [4.78, 5) is 12.5. The molecule has 0 saturated heterocycles. The van der Waals surface area contributed by atoms with Crippen LogP contribution in [0.2, 0.25) is 0 Å². The molecule has 1 atom stereocenters. The fraction of sp³-hybridized carbons (Fsp3) is 0.304. The number of aromatic nitrogens is 4. The molecule has 0 radical (unpaired) electrons. The molecule has 166 valence electrons. The molecule has 3 aromatic rings. The number of anilines is 1. The summed E-state index contributed by atoms with van der Waals surface area (Å²) in [5.41, 5.74) is 1.40. The van der Waals surface area contributed by atoms with Crippen molar-refractivity contribution in [1.82, 2.24) is 20.6 Å². The van der Waals surface area contributed by atoms with E-state index in [9.17, 15) is 4.79 Å². The van der Waals surface area contributed by atoms with Gasteiger partial charge < -0.3 is 19.5 Å². The van der Waals surface area contributed by atoms with Crippen molar-refractivity contribution in [2.24, 2.45) is 5.92 Å². The number of tetrazole rings is 1. The van der Waals surface area contributed by atoms with E-state index in [1.807, 2.05) is 24.3 Å². The minimum absolute atomic E-state index is 0.262. The van der Waals surface area contributed by atoms with Gasteiger partial charge in [0.05, 0.1) is 12.3 Å². The van der Waals surface area contributed by atoms with Crippen LogP contribution in [0, 0.1) is 5.92 Å². The van der Waals surface area contributed by atoms with E-state index >= 15 is 0 Å². The molecule has 1 aliphatic heterocycles. The normalized spacial score (nSPS) is 15.2. The lowest BCUT2D eigenvalue weighted by Gasteiger charge is -2.26. The van der Waals surface area contributed by atoms with Crippen molar-refractivity contribution in [1.29, 1.82) is 0 Å². The second kappa shape index (κ2) is 9.95. The SMILES string of the molecule is CC(C)CCOc1ccc(/C=C/C(=O)Nc2cccc3c2OC(c2nnn[nH]2)CO3)cc1. The summed E-state index contributed by atoms with van der Waals surface area (Å²) in [7, 11) is 0. The van der Waals surface area contributed by atoms with E-state index in [1.165, 1.54) is 6.08 Å². The number of aromatic amines is 1. The summed E-state index contributed by atoms with van der Waals surface area (Å²) < 4.78 is 17.4. The number of rotatable bonds is 8. The number of fused-ring (bicyclic) bond motifs is 1. The molecule has 2 aromatic carbocycles. The molecule has 0 fully saturated rings. The number of amides is 1. The molecule has 0 bridgehead atoms. The molecule has 2 N–H and O–H groups in total. The highest BCUT2D eigenvalue weighted by Gasteiger charge is 2.27. The Bertz CT molecular complexity index is 1060. The van der Waals surface area contributed by atoms with Crippen molar-refractivity contribution in [3.05, 3.63) is 59.9 Å². The fourth-order valence-electron chi connectivity index (χ4n) is 3.06. The van der Waals surface area contributed by atoms with Crippen LogP contribution >= 0.6 is 0 Å². The quantitative estimate of drug-likeness (QED) is 0.518. The van der Waals surface area contributed by atoms with Crippen LogP contribution in [0.1, 0.15) is 37.8 Å². The number of nitrogens with zero attached hydrogens (tertiary/aromatic N) is 3. The first-order valence-electron chi connectivity index (χ1n) is 10.5. The van der Waals surface area contributed by atoms with Crippen molar-refractivity contribution in [3.8, 4) is 17.2 Å². The summed E-state index contributed by atoms with van der Waals surface area (Å²) in [5, 5.41) is 16.5. The molecular formula is C23H25N5O4. The van der Waals surface area contributed by atoms with Crippen molar-refractivity contribution >= 4 is 17.7 Å². The molecule has 0 aliphatic carbocycles. The Morgan fingerprint density at radius 2 is 2.12 bits per heavy atom. The largest absolute Gasteiger partial charge is 0.494 e. The Hall–Kier alpha value is -3.88. The van der Waals surface area contributed by atoms with Crippen LogP contribution in [0.15, 0.2) is 48.5 Å². The zero-order valence-corrected chi connectivity index (χ0v) is 17.9. The summed E-state index contributed by atoms with van der Waals surface area (Å²) in [5.74, 6) is 2.56. The zero-order chi connectivity index (χ0) is 22.3. The van der Waals surface area contributed by atoms with Crippen LogP contribution in [0.25, 0.3) is 6.08 Å². The molecule has 9 nitrogen and oxygen atoms in total. The predicted octanol–water partition coefficient (Wildman–Crippen LogP) is 3.79. The molecule has 4 rings (SSSR count). The van der Waals surface area contributed by atoms with E-state index in [0.29, 0.717) is 35.5 Å². The van der Waals surface area contributed by atoms with Gasteiger partial charge in [0, 0.05) is 6.08 Å². The van der Waals surface area contributed by atoms with Gasteiger partial charge in [-0.3, -0.25) is 4.79 Å². The van der Waals surface area contributed by atoms with Gasteiger partial charge in [-0.15, -0.1) is 5.10 Å². The molecule has 0 spiro atoms. The van der Waals surface area contributed by atoms with Gasteiger partial charge >= 0.3 is 0 Å². The molecule has 1 amide bonds. The Labute approximate surface area is 185 Å². The van der Waals surface area contributed by atoms with Crippen molar-refractivity contribution in [3.63, 3.8) is 0 Å². The number of benzene rings is 2. The Kier molecular flexibility index (Phi) is 6.64. The number of H-pyrrole nitrogens is 1. The number of para-hydroxylation sites is 1. The maximum absolute atomic E-state index is 12.5. The van der Waals surface area contributed by atoms with Gasteiger partial charge in [-0.05, 0) is 58.7 Å². The number of nitrogens with one attached hydrogen (secondary N) is 2. The Morgan fingerprint density at radius 3 is 2.88 bits per heavy atom. The minimum Gasteiger partial charge on any atom is -0.494 e. The van der Waals surface area contributed by atoms with E-state index < -0.39 is 6.10 Å². The van der Waals surface area contributed by atoms with Crippen LogP contribution in [0.5, 0.6) is 17.2 Å². The molecule has 2 heterocycles. The molecule has 1 aliphatic rings. The molecule has 0 saturated carbocycles. The van der Waals surface area contributed by atoms with E-state index in [1.54, 1.807) is 24.3 Å². The van der Waals surface area contributed by atoms with Crippen molar-refractivity contribution in [2.45, 2.75) is 26.4 Å². The van der Waals surface area contributed by atoms with E-state index in [-0.39, 0.29) is 12.5 Å². The summed E-state index contributed by atoms with van der Waals surface area (Å²) in [6.45, 7) is 5.28. The average Bonchev–Trinajstić information content (AvgIpc) is 3.33. The summed E-state index contributed by atoms with van der Waals surface area (Å²) in [6.07, 6.45) is 3.72. The lowest BCUT2D eigenvalue weighted by Crippen LogP contribution is -2.24. The van der Waals surface area contributed by atoms with Gasteiger partial charge in [-0.1, -0.05) is 32.0 Å². The van der Waals surface area contributed by atoms with Crippen LogP contribution < -0.4 is 19.5 Å². The van der Waals surface area contributed by atoms with Crippen molar-refractivity contribution < 1.29 is 19.0 Å². The van der Waals surface area contributed by atoms with E-state index in [0.717, 1.165) is 17.7 Å². The minimum atomic E-state index is -0.493. The number of ether oxygens (including phenoxy) is 3. The first-order chi connectivity index (χ1) is 15.6. The van der Waals surface area contributed by atoms with Crippen LogP contribution in [-0.4, -0.2) is 39.7 Å². The highest BCUT2D eigenvalue weighted by Crippen LogP contribution is 2.41. The standard InChI is InChI=1S/C23H25N5O4/c1-15(2)12-13-30-17-9-6-16(7-10-17)8-11-21(29)24-18-4-3-5-19-22(18)32-20(14-31-19)23-25-27-28-26-23/h3-11,15,20H,12-14H2,1-2H3,(H,24,29)(H,25,26,27,28)/b11-8+. The van der Waals surface area contributed by atoms with Gasteiger partial charge in [0.25, 0.3) is 0 Å². The number of hydrogen-bond acceptors (Lipinski definition) is 7. The van der Waals surface area contributed by atoms with Crippen LogP contribution in [-0.2, 0) is 4.79 Å². The van der Waals surface area contributed by atoms with E-state index in [2.05, 4.69) is 39.8 Å². The molecule has 1 unspecified atom stereocenters. The third-order valence-electron chi connectivity index (χ3n) is 4.82. The Balaban J connectivity index is 1.37. The highest BCUT2D eigenvalue weighted by atomic mass is 16.6. The third-order valence-corrected chi connectivity index (χ3v) is 4.82. The highest BCUT2D eigenvalue weighted by molar-refractivity contribution is 6.03. The third kappa shape index (κ3) is 5.42. The summed E-state index contributed by atoms with van der Waals surface area (Å²) >= 11 is 0. The predicted molar refractivity (Wildman–Crippen MR) is 119 cm³/mol. The molecule has 9 heteroatoms. The van der Waals surface area contributed by atoms with Crippen LogP contribution in [0.3, 0.4) is 0 Å². The number of carbonyl (C=O) groups excluding carboxylic acids is 1. The van der Waals surface area contributed by atoms with Gasteiger partial charge in [-0.2, -0.15) is 0 Å². The average molecular weight is 435 g/mol. The van der Waals surface area contributed by atoms with Crippen molar-refractivity contribution in [2.75, 3.05) is 18.5 Å². The number of carbonyl (C=O) groups is 1. The maximum Gasteiger partial charge on any atom is 0.248 e. The van der Waals surface area contributed by atoms with Gasteiger partial charge in [0.15, 0.2) is 23.4 Å². The smallest absolute Gasteiger partial charge is 0.248 e. The number of hydrogen-bond donors (Lipinski definition) is 2. The second-order valence-corrected chi connectivity index (χ2v) is 7.76. The van der Waals surface area contributed by atoms with Gasteiger partial charge in [-0.25, -0.2) is 5.10 Å². The first kappa shape index (κ1) is 21.4. The topological polar surface area (TPSA) is 111 Å². The molecule has 1 aromatic heterocycles. The lowest BCUT2D eigenvalue weighted by atomic mass is 10.1. The molecular weight excluding hydrogens is 410 g/mol. The van der Waals surface area contributed by atoms with E-state index in [4.69, 9.17) is 14.2 Å². The monoisotopic (exact) mass is 435 g/mol. The fourth-order valence-corrected chi connectivity index (χ4v) is 3.06. The summed E-state index contributed by atoms with van der Waals surface area (Å²) in [6, 6.07) is 12.9. The maximum atomic E-state index is 12.5. The lowest BCUT2D eigenvalue weighted by molar-refractivity contribution is -0.111.